The van der Waals surface area contributed by atoms with Crippen molar-refractivity contribution in [2.75, 3.05) is 7.05 Å². The number of alkyl halides is 3. The molecule has 2 rings (SSSR count). The number of halogens is 3. The fourth-order valence-corrected chi connectivity index (χ4v) is 3.36. The molecule has 0 amide bonds. The van der Waals surface area contributed by atoms with Crippen LogP contribution in [-0.2, 0) is 0 Å². The van der Waals surface area contributed by atoms with Gasteiger partial charge in [-0.25, -0.2) is 0 Å². The van der Waals surface area contributed by atoms with Crippen LogP contribution in [0.3, 0.4) is 0 Å². The van der Waals surface area contributed by atoms with Crippen LogP contribution in [0.5, 0.6) is 0 Å². The van der Waals surface area contributed by atoms with Crippen LogP contribution in [0.1, 0.15) is 42.9 Å². The van der Waals surface area contributed by atoms with Gasteiger partial charge in [0.1, 0.15) is 0 Å². The molecule has 1 aromatic carbocycles. The summed E-state index contributed by atoms with van der Waals surface area (Å²) in [4.78, 5) is 0. The Kier molecular flexibility index (Phi) is 4.74. The molecule has 4 heteroatoms. The second kappa shape index (κ2) is 6.17. The van der Waals surface area contributed by atoms with E-state index >= 15 is 0 Å². The van der Waals surface area contributed by atoms with Crippen LogP contribution >= 0.6 is 0 Å². The van der Waals surface area contributed by atoms with Crippen molar-refractivity contribution in [2.24, 2.45) is 11.8 Å². The molecule has 0 heterocycles. The summed E-state index contributed by atoms with van der Waals surface area (Å²) in [5, 5.41) is 3.30. The van der Waals surface area contributed by atoms with Gasteiger partial charge in [0.05, 0.1) is 5.92 Å². The number of benzene rings is 1. The molecule has 0 saturated heterocycles. The standard InChI is InChI=1S/C16H22F3N/c1-11-5-3-4-6-14(11)15(20-2)12-7-9-13(10-8-12)16(17,18)19/h3-6,12-13,15,20H,7-10H2,1-2H3. The predicted molar refractivity (Wildman–Crippen MR) is 74.5 cm³/mol. The van der Waals surface area contributed by atoms with Gasteiger partial charge in [-0.1, -0.05) is 24.3 Å². The summed E-state index contributed by atoms with van der Waals surface area (Å²) in [5.74, 6) is -0.812. The molecule has 1 atom stereocenters. The highest BCUT2D eigenvalue weighted by molar-refractivity contribution is 5.29. The summed E-state index contributed by atoms with van der Waals surface area (Å²) >= 11 is 0. The van der Waals surface area contributed by atoms with Crippen molar-refractivity contribution in [3.63, 3.8) is 0 Å². The number of nitrogens with one attached hydrogen (secondary N) is 1. The highest BCUT2D eigenvalue weighted by atomic mass is 19.4. The van der Waals surface area contributed by atoms with Crippen LogP contribution in [0.25, 0.3) is 0 Å². The van der Waals surface area contributed by atoms with Gasteiger partial charge in [-0.15, -0.1) is 0 Å². The van der Waals surface area contributed by atoms with E-state index in [0.29, 0.717) is 18.8 Å². The molecule has 0 spiro atoms. The molecular weight excluding hydrogens is 263 g/mol. The number of hydrogen-bond donors (Lipinski definition) is 1. The first-order valence-electron chi connectivity index (χ1n) is 7.23. The van der Waals surface area contributed by atoms with Crippen molar-refractivity contribution in [1.29, 1.82) is 0 Å². The summed E-state index contributed by atoms with van der Waals surface area (Å²) in [7, 11) is 1.90. The largest absolute Gasteiger partial charge is 0.391 e. The lowest BCUT2D eigenvalue weighted by Crippen LogP contribution is -2.33. The van der Waals surface area contributed by atoms with Gasteiger partial charge < -0.3 is 5.32 Å². The van der Waals surface area contributed by atoms with Crippen molar-refractivity contribution in [2.45, 2.75) is 44.8 Å². The molecule has 0 aliphatic heterocycles. The van der Waals surface area contributed by atoms with Gasteiger partial charge in [0, 0.05) is 6.04 Å². The highest BCUT2D eigenvalue weighted by Gasteiger charge is 2.42. The van der Waals surface area contributed by atoms with E-state index < -0.39 is 12.1 Å². The molecule has 1 aliphatic carbocycles. The van der Waals surface area contributed by atoms with Gasteiger partial charge in [-0.05, 0) is 56.7 Å². The van der Waals surface area contributed by atoms with Crippen molar-refractivity contribution >= 4 is 0 Å². The molecule has 0 bridgehead atoms. The smallest absolute Gasteiger partial charge is 0.313 e. The molecule has 1 aliphatic rings. The van der Waals surface area contributed by atoms with E-state index in [-0.39, 0.29) is 18.9 Å². The Morgan fingerprint density at radius 2 is 1.70 bits per heavy atom. The number of aryl methyl sites for hydroxylation is 1. The van der Waals surface area contributed by atoms with E-state index in [1.807, 2.05) is 19.2 Å². The zero-order valence-electron chi connectivity index (χ0n) is 12.0. The zero-order chi connectivity index (χ0) is 14.8. The van der Waals surface area contributed by atoms with Crippen molar-refractivity contribution in [1.82, 2.24) is 5.32 Å². The Morgan fingerprint density at radius 1 is 1.10 bits per heavy atom. The van der Waals surface area contributed by atoms with E-state index in [1.165, 1.54) is 11.1 Å². The summed E-state index contributed by atoms with van der Waals surface area (Å²) in [6.45, 7) is 2.06. The normalized spacial score (nSPS) is 25.4. The van der Waals surface area contributed by atoms with Gasteiger partial charge >= 0.3 is 6.18 Å². The molecule has 1 fully saturated rings. The monoisotopic (exact) mass is 285 g/mol. The van der Waals surface area contributed by atoms with Crippen LogP contribution in [0.15, 0.2) is 24.3 Å². The number of rotatable bonds is 3. The Labute approximate surface area is 118 Å². The molecule has 112 valence electrons. The maximum Gasteiger partial charge on any atom is 0.391 e. The maximum atomic E-state index is 12.7. The highest BCUT2D eigenvalue weighted by Crippen LogP contribution is 2.43. The van der Waals surface area contributed by atoms with Gasteiger partial charge in [0.25, 0.3) is 0 Å². The third kappa shape index (κ3) is 3.35. The minimum absolute atomic E-state index is 0.158. The average Bonchev–Trinajstić information content (AvgIpc) is 2.41. The van der Waals surface area contributed by atoms with E-state index in [0.717, 1.165) is 0 Å². The predicted octanol–water partition coefficient (Wildman–Crippen LogP) is 4.62. The molecule has 0 aromatic heterocycles. The maximum absolute atomic E-state index is 12.7. The molecular formula is C16H22F3N. The molecule has 1 nitrogen and oxygen atoms in total. The third-order valence-corrected chi connectivity index (χ3v) is 4.54. The van der Waals surface area contributed by atoms with Gasteiger partial charge in [0.15, 0.2) is 0 Å². The lowest BCUT2D eigenvalue weighted by molar-refractivity contribution is -0.184. The summed E-state index contributed by atoms with van der Waals surface area (Å²) in [5.41, 5.74) is 2.41. The van der Waals surface area contributed by atoms with Crippen LogP contribution in [0.2, 0.25) is 0 Å². The van der Waals surface area contributed by atoms with Crippen LogP contribution in [0, 0.1) is 18.8 Å². The summed E-state index contributed by atoms with van der Waals surface area (Å²) < 4.78 is 38.2. The van der Waals surface area contributed by atoms with E-state index in [9.17, 15) is 13.2 Å². The van der Waals surface area contributed by atoms with Gasteiger partial charge in [-0.2, -0.15) is 13.2 Å². The van der Waals surface area contributed by atoms with Gasteiger partial charge in [-0.3, -0.25) is 0 Å². The summed E-state index contributed by atoms with van der Waals surface area (Å²) in [6, 6.07) is 8.28. The Bertz CT molecular complexity index is 434. The van der Waals surface area contributed by atoms with Crippen LogP contribution < -0.4 is 5.32 Å². The van der Waals surface area contributed by atoms with Crippen LogP contribution in [-0.4, -0.2) is 13.2 Å². The molecule has 0 radical (unpaired) electrons. The summed E-state index contributed by atoms with van der Waals surface area (Å²) in [6.07, 6.45) is -2.22. The third-order valence-electron chi connectivity index (χ3n) is 4.54. The molecule has 1 N–H and O–H groups in total. The average molecular weight is 285 g/mol. The second-order valence-corrected chi connectivity index (χ2v) is 5.78. The zero-order valence-corrected chi connectivity index (χ0v) is 12.0. The fourth-order valence-electron chi connectivity index (χ4n) is 3.36. The topological polar surface area (TPSA) is 12.0 Å². The van der Waals surface area contributed by atoms with E-state index in [1.54, 1.807) is 0 Å². The lowest BCUT2D eigenvalue weighted by Gasteiger charge is -2.35. The van der Waals surface area contributed by atoms with E-state index in [4.69, 9.17) is 0 Å². The SMILES string of the molecule is CNC(c1ccccc1C)C1CCC(C(F)(F)F)CC1. The van der Waals surface area contributed by atoms with Crippen molar-refractivity contribution < 1.29 is 13.2 Å². The second-order valence-electron chi connectivity index (χ2n) is 5.78. The Hall–Kier alpha value is -1.03. The van der Waals surface area contributed by atoms with E-state index in [2.05, 4.69) is 24.4 Å². The first kappa shape index (κ1) is 15.4. The van der Waals surface area contributed by atoms with Crippen LogP contribution in [0.4, 0.5) is 13.2 Å². The molecule has 1 unspecified atom stereocenters. The first-order valence-corrected chi connectivity index (χ1v) is 7.23. The fraction of sp³-hybridized carbons (Fsp3) is 0.625. The quantitative estimate of drug-likeness (QED) is 0.854. The lowest BCUT2D eigenvalue weighted by atomic mass is 9.76. The minimum atomic E-state index is -4.03. The molecule has 20 heavy (non-hydrogen) atoms. The molecule has 1 saturated carbocycles. The Morgan fingerprint density at radius 3 is 2.20 bits per heavy atom. The number of hydrogen-bond acceptors (Lipinski definition) is 1. The molecule has 1 aromatic rings. The first-order chi connectivity index (χ1) is 9.43. The van der Waals surface area contributed by atoms with Crippen molar-refractivity contribution in [3.05, 3.63) is 35.4 Å². The van der Waals surface area contributed by atoms with Crippen molar-refractivity contribution in [3.8, 4) is 0 Å². The Balaban J connectivity index is 2.06. The minimum Gasteiger partial charge on any atom is -0.313 e. The van der Waals surface area contributed by atoms with Gasteiger partial charge in [0.2, 0.25) is 0 Å².